The van der Waals surface area contributed by atoms with Crippen LogP contribution in [0.1, 0.15) is 130 Å². The lowest BCUT2D eigenvalue weighted by atomic mass is 9.85. The van der Waals surface area contributed by atoms with Gasteiger partial charge in [0.25, 0.3) is 0 Å². The number of hydrogen-bond donors (Lipinski definition) is 15. The van der Waals surface area contributed by atoms with Gasteiger partial charge in [-0.15, -0.1) is 0 Å². The number of rotatable bonds is 15. The van der Waals surface area contributed by atoms with Crippen molar-refractivity contribution in [2.45, 2.75) is 205 Å². The summed E-state index contributed by atoms with van der Waals surface area (Å²) in [7, 11) is -9.68. The van der Waals surface area contributed by atoms with Gasteiger partial charge in [0.1, 0.15) is 77.4 Å². The van der Waals surface area contributed by atoms with Crippen LogP contribution >= 0.6 is 35.3 Å². The van der Waals surface area contributed by atoms with Crippen molar-refractivity contribution >= 4 is 170 Å². The van der Waals surface area contributed by atoms with Crippen LogP contribution in [-0.4, -0.2) is 298 Å². The summed E-state index contributed by atoms with van der Waals surface area (Å²) < 4.78 is 115. The maximum Gasteiger partial charge on any atom is 0.305 e. The Morgan fingerprint density at radius 2 is 0.945 bits per heavy atom. The molecular formula is C98H129N17O25S6. The number of aliphatic hydroxyl groups is 1. The van der Waals surface area contributed by atoms with E-state index >= 15 is 49.2 Å². The van der Waals surface area contributed by atoms with E-state index in [2.05, 4.69) is 57.8 Å². The Kier molecular flexibility index (Phi) is 39.7. The van der Waals surface area contributed by atoms with E-state index in [9.17, 15) is 53.4 Å². The molecule has 12 bridgehead atoms. The molecular weight excluding hydrogens is 2010 g/mol. The number of carboxylic acid groups (broad SMARTS) is 1. The fourth-order valence-corrected chi connectivity index (χ4v) is 27.0. The molecule has 5 aliphatic rings. The molecule has 0 radical (unpaired) electrons. The molecule has 42 nitrogen and oxygen atoms in total. The molecule has 17 N–H and O–H groups in total. The Morgan fingerprint density at radius 3 is 1.41 bits per heavy atom. The van der Waals surface area contributed by atoms with Crippen LogP contribution in [0.15, 0.2) is 116 Å². The summed E-state index contributed by atoms with van der Waals surface area (Å²) in [5.74, 6) is -21.5. The minimum Gasteiger partial charge on any atom is -0.497 e. The molecule has 0 spiro atoms. The third-order valence-electron chi connectivity index (χ3n) is 26.2. The number of ketones is 2. The van der Waals surface area contributed by atoms with E-state index in [0.29, 0.717) is 32.9 Å². The lowest BCUT2D eigenvalue weighted by Gasteiger charge is -2.32. The topological polar surface area (TPSA) is 614 Å². The van der Waals surface area contributed by atoms with Gasteiger partial charge in [-0.2, -0.15) is 48.2 Å². The van der Waals surface area contributed by atoms with Gasteiger partial charge in [0.15, 0.2) is 5.78 Å². The molecule has 2 fully saturated rings. The van der Waals surface area contributed by atoms with Gasteiger partial charge in [-0.05, 0) is 144 Å². The number of primary amides is 1. The van der Waals surface area contributed by atoms with Gasteiger partial charge in [0.2, 0.25) is 95.0 Å². The lowest BCUT2D eigenvalue weighted by Crippen LogP contribution is -2.61. The molecule has 4 aliphatic heterocycles. The van der Waals surface area contributed by atoms with Gasteiger partial charge in [0, 0.05) is 146 Å². The SMILES string of the molecule is COc1cc2cc(c1)CN1Cc3cc(cc(OC)c3)CN3Cc4cc(cc(OC)c4)CN(C2)S(=O)(=O)CCSC[C@H](CC(=O)[C@H](C)N)C(=O)N[C@@H]2C(=O)C[C@@H](CCC[C@H]2O)C(=O)N[C@@H](CSCCS3(=O)=O)C(=O)N[C@@H](Cc2c[nH]c3ccccc23)C(=O)N[C@@H](C(C)C)C(=O)N[C@@H](CC(=O)O)C(=O)NCC(=O)N[C@@H](Cc2c[nH]c3ccccc23)C(=O)N[C@@H](C(C)C)C(=O)N2CCC[C@H]2C(=O)N[C@H](C(N)=O)CSCCS1(=O)=O. The number of amides is 11. The van der Waals surface area contributed by atoms with Crippen LogP contribution in [-0.2, 0) is 149 Å². The number of carboxylic acids is 1. The smallest absolute Gasteiger partial charge is 0.305 e. The number of ether oxygens (including phenoxy) is 3. The molecule has 3 unspecified atom stereocenters. The van der Waals surface area contributed by atoms with Crippen LogP contribution in [0.5, 0.6) is 17.2 Å². The molecule has 7 aromatic rings. The fourth-order valence-electron chi connectivity index (χ4n) is 18.2. The first-order valence-corrected chi connectivity index (χ1v) is 56.4. The predicted molar refractivity (Wildman–Crippen MR) is 548 cm³/mol. The van der Waals surface area contributed by atoms with Crippen molar-refractivity contribution in [3.8, 4) is 17.2 Å². The van der Waals surface area contributed by atoms with E-state index in [1.54, 1.807) is 129 Å². The van der Waals surface area contributed by atoms with Crippen LogP contribution in [0.25, 0.3) is 21.8 Å². The van der Waals surface area contributed by atoms with Crippen molar-refractivity contribution < 1.29 is 117 Å². The third kappa shape index (κ3) is 30.5. The van der Waals surface area contributed by atoms with Gasteiger partial charge < -0.3 is 98.6 Å². The van der Waals surface area contributed by atoms with Crippen LogP contribution < -0.4 is 73.5 Å². The van der Waals surface area contributed by atoms with Gasteiger partial charge >= 0.3 is 5.97 Å². The van der Waals surface area contributed by atoms with Crippen molar-refractivity contribution in [1.82, 2.24) is 75.6 Å². The zero-order valence-electron chi connectivity index (χ0n) is 82.4. The molecule has 11 amide bonds. The number of thioether (sulfide) groups is 3. The number of benzene rings is 5. The average molecular weight is 2140 g/mol. The number of H-pyrrole nitrogens is 2. The molecule has 6 heterocycles. The number of nitrogens with one attached hydrogen (secondary N) is 11. The molecule has 146 heavy (non-hydrogen) atoms. The van der Waals surface area contributed by atoms with E-state index in [0.717, 1.165) is 48.2 Å². The summed E-state index contributed by atoms with van der Waals surface area (Å²) >= 11 is 2.76. The molecule has 792 valence electrons. The molecule has 16 atom stereocenters. The predicted octanol–water partition coefficient (Wildman–Crippen LogP) is 2.00. The number of aromatic amines is 2. The maximum atomic E-state index is 15.9. The van der Waals surface area contributed by atoms with Crippen molar-refractivity contribution in [2.75, 3.05) is 86.2 Å². The number of fused-ring (bicyclic) bond motifs is 15. The molecule has 2 aromatic heterocycles. The number of Topliss-reactive ketones (excluding diaryl/α,β-unsaturated/α-hetero) is 2. The number of carbonyl (C=O) groups is 14. The monoisotopic (exact) mass is 2140 g/mol. The molecule has 5 aromatic carbocycles. The number of methoxy groups -OCH3 is 3. The number of aliphatic carboxylic acids is 1. The molecule has 1 saturated carbocycles. The Bertz CT molecular complexity index is 6340. The summed E-state index contributed by atoms with van der Waals surface area (Å²) in [6.07, 6.45) is -1.14. The second kappa shape index (κ2) is 51.3. The van der Waals surface area contributed by atoms with Gasteiger partial charge in [-0.3, -0.25) is 67.1 Å². The minimum absolute atomic E-state index is 0.00538. The van der Waals surface area contributed by atoms with Crippen molar-refractivity contribution in [1.29, 1.82) is 0 Å². The van der Waals surface area contributed by atoms with E-state index in [-0.39, 0.29) is 131 Å². The fraction of sp³-hybridized carbons (Fsp3) is 0.510. The Morgan fingerprint density at radius 1 is 0.486 bits per heavy atom. The maximum absolute atomic E-state index is 15.9. The highest BCUT2D eigenvalue weighted by atomic mass is 32.2. The van der Waals surface area contributed by atoms with Crippen molar-refractivity contribution in [3.05, 3.63) is 160 Å². The summed E-state index contributed by atoms with van der Waals surface area (Å²) in [4.78, 5) is 212. The van der Waals surface area contributed by atoms with Crippen LogP contribution in [0.3, 0.4) is 0 Å². The average Bonchev–Trinajstić information content (AvgIpc) is 1.04. The summed E-state index contributed by atoms with van der Waals surface area (Å²) in [6, 6.07) is 12.5. The minimum atomic E-state index is -4.66. The van der Waals surface area contributed by atoms with Gasteiger partial charge in [-0.25, -0.2) is 25.3 Å². The van der Waals surface area contributed by atoms with Crippen LogP contribution in [0.4, 0.5) is 0 Å². The second-order valence-corrected chi connectivity index (χ2v) is 47.6. The van der Waals surface area contributed by atoms with Crippen LogP contribution in [0.2, 0.25) is 0 Å². The molecule has 12 rings (SSSR count). The van der Waals surface area contributed by atoms with E-state index in [4.69, 9.17) is 25.7 Å². The van der Waals surface area contributed by atoms with Crippen molar-refractivity contribution in [3.63, 3.8) is 0 Å². The molecule has 1 saturated heterocycles. The number of aromatic nitrogens is 2. The second-order valence-electron chi connectivity index (χ2n) is 37.9. The quantitative estimate of drug-likeness (QED) is 0.0698. The van der Waals surface area contributed by atoms with E-state index in [1.165, 1.54) is 47.0 Å². The van der Waals surface area contributed by atoms with Gasteiger partial charge in [0.05, 0.1) is 69.6 Å². The summed E-state index contributed by atoms with van der Waals surface area (Å²) in [5, 5.41) is 46.9. The first kappa shape index (κ1) is 113. The highest BCUT2D eigenvalue weighted by molar-refractivity contribution is 8.01. The van der Waals surface area contributed by atoms with E-state index in [1.807, 2.05) is 0 Å². The number of nitrogens with zero attached hydrogens (tertiary/aromatic N) is 4. The normalized spacial score (nSPS) is 26.4. The number of hydrogen-bond acceptors (Lipinski definition) is 28. The standard InChI is InChI=1S/C98H129N17O25S6/c1-55(2)86-97(130)106-77(42-85(120)121)92(125)103-45-84(119)104-75(38-65-43-101-73-18-11-9-16-71(65)73)93(126)110-87(56(3)4)98(131)115-22-14-20-80(115)96(129)107-78(89(100)122)53-142-24-27-145(134,135)113-48-60-29-58(32-68(34-60)138-6)46-112-47-59-30-62(36-69(33-59)139-7)50-114(51-63-31-61(49-113)35-70(37-63)140-8)146(136,137)28-25-143-54-79(95(128)105-76(94(127)109-86)39-66-44-102-74-19-12-10-17-72(66)74)108-90(123)64-15-13-21-81(116)88(83(118)40-64)111-91(124)67(41-82(117)57(5)99)52-141-23-26-144(112,132)133/h9-12,16-19,29-37,43-44,55-57,64,67,75-81,86-88,101-102,116H,13-15,20-28,38-42,45-54,99H2,1-8H3,(H2,100,122)(H,103,125)(H,104,119)(H,105,128)(H,106,130)(H,107,129)(H,108,123)(H,109,127)(H,110,126)(H,111,124)(H,120,121)/t57-,64+,67-,75-,76-,77-,78-,79-,80-,81+,86-,87-,88-/m0/s1. The Balaban J connectivity index is 0.972. The summed E-state index contributed by atoms with van der Waals surface area (Å²) in [5.41, 5.74) is 15.9. The highest BCUT2D eigenvalue weighted by Crippen LogP contribution is 2.34. The number of para-hydroxylation sites is 2. The largest absolute Gasteiger partial charge is 0.497 e. The molecule has 48 heteroatoms. The zero-order chi connectivity index (χ0) is 106. The summed E-state index contributed by atoms with van der Waals surface area (Å²) in [6.45, 7) is 4.03. The van der Waals surface area contributed by atoms with Crippen LogP contribution in [0, 0.1) is 23.7 Å². The van der Waals surface area contributed by atoms with Gasteiger partial charge in [-0.1, -0.05) is 82.3 Å². The van der Waals surface area contributed by atoms with E-state index < -0.39 is 291 Å². The number of carbonyl (C=O) groups excluding carboxylic acids is 13. The van der Waals surface area contributed by atoms with Crippen molar-refractivity contribution in [2.24, 2.45) is 35.1 Å². The molecule has 1 aliphatic carbocycles. The number of nitrogens with two attached hydrogens (primary N) is 2. The zero-order valence-corrected chi connectivity index (χ0v) is 87.3. The highest BCUT2D eigenvalue weighted by Gasteiger charge is 2.44. The Labute approximate surface area is 859 Å². The number of aliphatic hydroxyl groups excluding tert-OH is 1. The third-order valence-corrected chi connectivity index (χ3v) is 35.5. The first-order valence-electron chi connectivity index (χ1n) is 48.1. The number of sulfonamides is 3. The lowest BCUT2D eigenvalue weighted by molar-refractivity contribution is -0.143. The first-order chi connectivity index (χ1) is 69.4. The Hall–Kier alpha value is -11.7.